The number of hydrogen-bond donors (Lipinski definition) is 1. The van der Waals surface area contributed by atoms with Crippen LogP contribution in [0.5, 0.6) is 0 Å². The number of anilines is 1. The molecule has 0 aliphatic carbocycles. The molecular weight excluding hydrogens is 360 g/mol. The first kappa shape index (κ1) is 19.9. The Morgan fingerprint density at radius 2 is 1.66 bits per heavy atom. The summed E-state index contributed by atoms with van der Waals surface area (Å²) >= 11 is 0. The molecule has 2 saturated heterocycles. The molecule has 2 atom stereocenters. The number of carbonyl (C=O) groups is 1. The van der Waals surface area contributed by atoms with E-state index >= 15 is 0 Å². The van der Waals surface area contributed by atoms with E-state index in [0.29, 0.717) is 18.4 Å². The van der Waals surface area contributed by atoms with Crippen molar-refractivity contribution in [1.82, 2.24) is 9.80 Å². The van der Waals surface area contributed by atoms with Gasteiger partial charge in [-0.2, -0.15) is 0 Å². The number of amides is 1. The van der Waals surface area contributed by atoms with Crippen LogP contribution in [0.2, 0.25) is 0 Å². The van der Waals surface area contributed by atoms with Gasteiger partial charge in [0.15, 0.2) is 0 Å². The minimum atomic E-state index is 0.115. The third-order valence-electron chi connectivity index (χ3n) is 6.56. The van der Waals surface area contributed by atoms with Crippen LogP contribution in [0.25, 0.3) is 0 Å². The van der Waals surface area contributed by atoms with Crippen molar-refractivity contribution >= 4 is 11.6 Å². The van der Waals surface area contributed by atoms with E-state index in [-0.39, 0.29) is 5.91 Å². The normalized spacial score (nSPS) is 22.8. The highest BCUT2D eigenvalue weighted by atomic mass is 16.2. The Hall–Kier alpha value is -2.37. The van der Waals surface area contributed by atoms with Crippen LogP contribution in [0.4, 0.5) is 5.69 Å². The van der Waals surface area contributed by atoms with Crippen LogP contribution in [0.15, 0.2) is 54.6 Å². The van der Waals surface area contributed by atoms with Gasteiger partial charge in [0.2, 0.25) is 0 Å². The lowest BCUT2D eigenvalue weighted by molar-refractivity contribution is 0.0786. The van der Waals surface area contributed by atoms with Crippen LogP contribution < -0.4 is 10.6 Å². The van der Waals surface area contributed by atoms with Crippen LogP contribution in [0.3, 0.4) is 0 Å². The number of hydrogen-bond acceptors (Lipinski definition) is 4. The van der Waals surface area contributed by atoms with Crippen molar-refractivity contribution in [1.29, 1.82) is 0 Å². The molecule has 5 heteroatoms. The lowest BCUT2D eigenvalue weighted by atomic mass is 9.89. The molecule has 2 fully saturated rings. The molecule has 2 N–H and O–H groups in total. The first-order valence-electron chi connectivity index (χ1n) is 10.8. The molecule has 0 unspecified atom stereocenters. The van der Waals surface area contributed by atoms with Gasteiger partial charge in [-0.3, -0.25) is 4.79 Å². The molecule has 0 bridgehead atoms. The maximum atomic E-state index is 13.1. The lowest BCUT2D eigenvalue weighted by Gasteiger charge is -2.35. The monoisotopic (exact) mass is 392 g/mol. The molecule has 0 radical (unpaired) electrons. The van der Waals surface area contributed by atoms with Crippen molar-refractivity contribution in [3.8, 4) is 0 Å². The second-order valence-corrected chi connectivity index (χ2v) is 8.19. The minimum Gasteiger partial charge on any atom is -0.369 e. The summed E-state index contributed by atoms with van der Waals surface area (Å²) in [5.41, 5.74) is 9.29. The molecule has 2 aromatic carbocycles. The van der Waals surface area contributed by atoms with Gasteiger partial charge in [-0.25, -0.2) is 0 Å². The van der Waals surface area contributed by atoms with E-state index in [2.05, 4.69) is 53.1 Å². The standard InChI is InChI=1S/C24H32N4O/c1-2-26-12-14-27(15-13-26)22-10-8-20(9-11-22)24(29)28-17-21(16-25)23(18-28)19-6-4-3-5-7-19/h3-11,21,23H,2,12-18,25H2,1H3/t21-,23+/m1/s1. The third-order valence-corrected chi connectivity index (χ3v) is 6.56. The first-order chi connectivity index (χ1) is 14.2. The molecular formula is C24H32N4O. The van der Waals surface area contributed by atoms with Crippen LogP contribution in [0.1, 0.15) is 28.8 Å². The van der Waals surface area contributed by atoms with Crippen molar-refractivity contribution in [3.63, 3.8) is 0 Å². The number of rotatable bonds is 5. The van der Waals surface area contributed by atoms with E-state index < -0.39 is 0 Å². The van der Waals surface area contributed by atoms with E-state index in [4.69, 9.17) is 5.73 Å². The van der Waals surface area contributed by atoms with Crippen molar-refractivity contribution < 1.29 is 4.79 Å². The topological polar surface area (TPSA) is 52.8 Å². The summed E-state index contributed by atoms with van der Waals surface area (Å²) in [5.74, 6) is 0.749. The van der Waals surface area contributed by atoms with Gasteiger partial charge < -0.3 is 20.4 Å². The largest absolute Gasteiger partial charge is 0.369 e. The van der Waals surface area contributed by atoms with Crippen molar-refractivity contribution in [3.05, 3.63) is 65.7 Å². The number of benzene rings is 2. The Labute approximate surface area is 174 Å². The average molecular weight is 393 g/mol. The van der Waals surface area contributed by atoms with Crippen molar-refractivity contribution in [2.75, 3.05) is 57.3 Å². The first-order valence-corrected chi connectivity index (χ1v) is 10.8. The second-order valence-electron chi connectivity index (χ2n) is 8.19. The maximum absolute atomic E-state index is 13.1. The fourth-order valence-electron chi connectivity index (χ4n) is 4.67. The van der Waals surface area contributed by atoms with Crippen molar-refractivity contribution in [2.24, 2.45) is 11.7 Å². The molecule has 154 valence electrons. The molecule has 4 rings (SSSR count). The molecule has 2 aromatic rings. The Morgan fingerprint density at radius 1 is 0.966 bits per heavy atom. The summed E-state index contributed by atoms with van der Waals surface area (Å²) in [6, 6.07) is 18.6. The molecule has 5 nitrogen and oxygen atoms in total. The van der Waals surface area contributed by atoms with E-state index in [9.17, 15) is 4.79 Å². The third kappa shape index (κ3) is 4.31. The summed E-state index contributed by atoms with van der Waals surface area (Å²) in [4.78, 5) is 20.0. The SMILES string of the molecule is CCN1CCN(c2ccc(C(=O)N3C[C@@H](CN)[C@H](c4ccccc4)C3)cc2)CC1. The number of likely N-dealkylation sites (tertiary alicyclic amines) is 1. The predicted molar refractivity (Wildman–Crippen MR) is 118 cm³/mol. The molecule has 2 aliphatic heterocycles. The smallest absolute Gasteiger partial charge is 0.253 e. The van der Waals surface area contributed by atoms with Gasteiger partial charge in [0.1, 0.15) is 0 Å². The molecule has 2 aliphatic rings. The molecule has 29 heavy (non-hydrogen) atoms. The fraction of sp³-hybridized carbons (Fsp3) is 0.458. The van der Waals surface area contributed by atoms with Gasteiger partial charge >= 0.3 is 0 Å². The summed E-state index contributed by atoms with van der Waals surface area (Å²) in [6.45, 7) is 9.71. The molecule has 0 aromatic heterocycles. The molecule has 0 saturated carbocycles. The second kappa shape index (κ2) is 8.97. The van der Waals surface area contributed by atoms with E-state index in [1.165, 1.54) is 11.3 Å². The van der Waals surface area contributed by atoms with E-state index in [0.717, 1.165) is 51.4 Å². The van der Waals surface area contributed by atoms with Gasteiger partial charge in [-0.05, 0) is 48.8 Å². The predicted octanol–water partition coefficient (Wildman–Crippen LogP) is 2.64. The summed E-state index contributed by atoms with van der Waals surface area (Å²) in [5, 5.41) is 0. The van der Waals surface area contributed by atoms with Gasteiger partial charge in [-0.1, -0.05) is 37.3 Å². The lowest BCUT2D eigenvalue weighted by Crippen LogP contribution is -2.46. The maximum Gasteiger partial charge on any atom is 0.253 e. The van der Waals surface area contributed by atoms with Crippen LogP contribution in [0, 0.1) is 5.92 Å². The van der Waals surface area contributed by atoms with E-state index in [1.807, 2.05) is 23.1 Å². The Kier molecular flexibility index (Phi) is 6.16. The zero-order chi connectivity index (χ0) is 20.2. The highest BCUT2D eigenvalue weighted by molar-refractivity contribution is 5.94. The van der Waals surface area contributed by atoms with Gasteiger partial charge in [0, 0.05) is 56.4 Å². The molecule has 1 amide bonds. The van der Waals surface area contributed by atoms with Gasteiger partial charge in [-0.15, -0.1) is 0 Å². The zero-order valence-corrected chi connectivity index (χ0v) is 17.3. The summed E-state index contributed by atoms with van der Waals surface area (Å²) in [7, 11) is 0. The van der Waals surface area contributed by atoms with Crippen molar-refractivity contribution in [2.45, 2.75) is 12.8 Å². The fourth-order valence-corrected chi connectivity index (χ4v) is 4.67. The summed E-state index contributed by atoms with van der Waals surface area (Å²) < 4.78 is 0. The summed E-state index contributed by atoms with van der Waals surface area (Å²) in [6.07, 6.45) is 0. The number of carbonyl (C=O) groups excluding carboxylic acids is 1. The molecule has 2 heterocycles. The van der Waals surface area contributed by atoms with Gasteiger partial charge in [0.25, 0.3) is 5.91 Å². The number of piperazine rings is 1. The zero-order valence-electron chi connectivity index (χ0n) is 17.3. The number of nitrogens with two attached hydrogens (primary N) is 1. The Morgan fingerprint density at radius 3 is 2.28 bits per heavy atom. The quantitative estimate of drug-likeness (QED) is 0.850. The number of nitrogens with zero attached hydrogens (tertiary/aromatic N) is 3. The van der Waals surface area contributed by atoms with Crippen LogP contribution in [-0.2, 0) is 0 Å². The minimum absolute atomic E-state index is 0.115. The Balaban J connectivity index is 1.42. The molecule has 0 spiro atoms. The van der Waals surface area contributed by atoms with Gasteiger partial charge in [0.05, 0.1) is 0 Å². The van der Waals surface area contributed by atoms with Crippen LogP contribution >= 0.6 is 0 Å². The number of likely N-dealkylation sites (N-methyl/N-ethyl adjacent to an activating group) is 1. The Bertz CT molecular complexity index is 799. The highest BCUT2D eigenvalue weighted by Gasteiger charge is 2.35. The van der Waals surface area contributed by atoms with Crippen LogP contribution in [-0.4, -0.2) is 68.1 Å². The van der Waals surface area contributed by atoms with E-state index in [1.54, 1.807) is 0 Å². The average Bonchev–Trinajstić information content (AvgIpc) is 3.24. The highest BCUT2D eigenvalue weighted by Crippen LogP contribution is 2.33.